The zero-order valence-corrected chi connectivity index (χ0v) is 19.6. The predicted octanol–water partition coefficient (Wildman–Crippen LogP) is 4.87. The second-order valence-electron chi connectivity index (χ2n) is 7.32. The van der Waals surface area contributed by atoms with Gasteiger partial charge >= 0.3 is 0 Å². The van der Waals surface area contributed by atoms with Crippen molar-refractivity contribution in [3.63, 3.8) is 0 Å². The first-order valence-corrected chi connectivity index (χ1v) is 11.7. The summed E-state index contributed by atoms with van der Waals surface area (Å²) in [6.45, 7) is 0.352. The molecule has 1 saturated heterocycles. The first kappa shape index (κ1) is 23.5. The Balaban J connectivity index is 1.30. The van der Waals surface area contributed by atoms with Gasteiger partial charge in [-0.1, -0.05) is 71.9 Å². The Kier molecular flexibility index (Phi) is 7.95. The Hall–Kier alpha value is -3.62. The van der Waals surface area contributed by atoms with Crippen LogP contribution in [-0.2, 0) is 16.2 Å². The van der Waals surface area contributed by atoms with Crippen LogP contribution in [0.1, 0.15) is 17.5 Å². The van der Waals surface area contributed by atoms with Gasteiger partial charge in [-0.2, -0.15) is 5.10 Å². The predicted molar refractivity (Wildman–Crippen MR) is 136 cm³/mol. The van der Waals surface area contributed by atoms with E-state index in [4.69, 9.17) is 16.3 Å². The molecule has 7 nitrogen and oxygen atoms in total. The maximum absolute atomic E-state index is 12.2. The summed E-state index contributed by atoms with van der Waals surface area (Å²) in [5, 5.41) is 14.0. The summed E-state index contributed by atoms with van der Waals surface area (Å²) in [6.07, 6.45) is 1.61. The summed E-state index contributed by atoms with van der Waals surface area (Å²) < 4.78 is 5.82. The molecule has 0 aliphatic carbocycles. The molecule has 0 bridgehead atoms. The number of amides is 2. The van der Waals surface area contributed by atoms with Gasteiger partial charge in [-0.05, 0) is 35.9 Å². The smallest absolute Gasteiger partial charge is 0.240 e. The number of anilines is 1. The SMILES string of the molecule is O=C(C[C@H]1S/C(=N\N=C/c2cccc(OCc3ccccc3Cl)c2)NC1=O)Nc1ccccc1. The maximum Gasteiger partial charge on any atom is 0.240 e. The van der Waals surface area contributed by atoms with Crippen LogP contribution < -0.4 is 15.4 Å². The van der Waals surface area contributed by atoms with Gasteiger partial charge in [0.1, 0.15) is 17.6 Å². The van der Waals surface area contributed by atoms with Crippen molar-refractivity contribution in [2.24, 2.45) is 10.2 Å². The van der Waals surface area contributed by atoms with Crippen LogP contribution in [0.3, 0.4) is 0 Å². The van der Waals surface area contributed by atoms with E-state index in [-0.39, 0.29) is 18.2 Å². The number of nitrogens with one attached hydrogen (secondary N) is 2. The molecule has 1 atom stereocenters. The number of para-hydroxylation sites is 1. The van der Waals surface area contributed by atoms with Crippen LogP contribution in [0.25, 0.3) is 0 Å². The van der Waals surface area contributed by atoms with E-state index < -0.39 is 5.25 Å². The monoisotopic (exact) mass is 492 g/mol. The van der Waals surface area contributed by atoms with Gasteiger partial charge in [0.2, 0.25) is 11.8 Å². The highest BCUT2D eigenvalue weighted by Crippen LogP contribution is 2.23. The van der Waals surface area contributed by atoms with E-state index in [2.05, 4.69) is 20.8 Å². The zero-order valence-electron chi connectivity index (χ0n) is 18.0. The number of nitrogens with zero attached hydrogens (tertiary/aromatic N) is 2. The number of carbonyl (C=O) groups is 2. The molecule has 0 aromatic heterocycles. The van der Waals surface area contributed by atoms with E-state index in [0.717, 1.165) is 11.1 Å². The third-order valence-electron chi connectivity index (χ3n) is 4.77. The lowest BCUT2D eigenvalue weighted by Gasteiger charge is -2.08. The van der Waals surface area contributed by atoms with E-state index in [1.54, 1.807) is 18.3 Å². The fraction of sp³-hybridized carbons (Fsp3) is 0.120. The second-order valence-corrected chi connectivity index (χ2v) is 8.92. The molecule has 0 radical (unpaired) electrons. The van der Waals surface area contributed by atoms with Crippen molar-refractivity contribution in [2.45, 2.75) is 18.3 Å². The molecular weight excluding hydrogens is 472 g/mol. The van der Waals surface area contributed by atoms with E-state index >= 15 is 0 Å². The van der Waals surface area contributed by atoms with Crippen molar-refractivity contribution in [2.75, 3.05) is 5.32 Å². The Morgan fingerprint density at radius 3 is 2.71 bits per heavy atom. The third-order valence-corrected chi connectivity index (χ3v) is 6.21. The number of rotatable bonds is 8. The molecule has 0 unspecified atom stereocenters. The fourth-order valence-corrected chi connectivity index (χ4v) is 4.21. The van der Waals surface area contributed by atoms with Gasteiger partial charge in [0.15, 0.2) is 5.17 Å². The van der Waals surface area contributed by atoms with Crippen molar-refractivity contribution >= 4 is 52.2 Å². The molecule has 0 spiro atoms. The first-order chi connectivity index (χ1) is 16.6. The largest absolute Gasteiger partial charge is 0.489 e. The van der Waals surface area contributed by atoms with Gasteiger partial charge in [0, 0.05) is 22.7 Å². The van der Waals surface area contributed by atoms with Crippen molar-refractivity contribution in [1.82, 2.24) is 5.32 Å². The van der Waals surface area contributed by atoms with Crippen molar-refractivity contribution in [1.29, 1.82) is 0 Å². The van der Waals surface area contributed by atoms with Crippen molar-refractivity contribution in [3.05, 3.63) is 95.0 Å². The van der Waals surface area contributed by atoms with E-state index in [1.807, 2.05) is 66.7 Å². The van der Waals surface area contributed by atoms with Crippen molar-refractivity contribution in [3.8, 4) is 5.75 Å². The summed E-state index contributed by atoms with van der Waals surface area (Å²) in [4.78, 5) is 24.4. The summed E-state index contributed by atoms with van der Waals surface area (Å²) in [6, 6.07) is 24.0. The zero-order chi connectivity index (χ0) is 23.8. The highest BCUT2D eigenvalue weighted by atomic mass is 35.5. The van der Waals surface area contributed by atoms with Crippen LogP contribution in [0.2, 0.25) is 5.02 Å². The summed E-state index contributed by atoms with van der Waals surface area (Å²) in [7, 11) is 0. The summed E-state index contributed by atoms with van der Waals surface area (Å²) in [5.74, 6) is 0.166. The fourth-order valence-electron chi connectivity index (χ4n) is 3.10. The van der Waals surface area contributed by atoms with Crippen LogP contribution in [0.15, 0.2) is 89.1 Å². The van der Waals surface area contributed by atoms with Gasteiger partial charge in [0.05, 0.1) is 6.21 Å². The Morgan fingerprint density at radius 2 is 1.88 bits per heavy atom. The second kappa shape index (κ2) is 11.5. The molecule has 1 aliphatic heterocycles. The molecule has 1 aliphatic rings. The Labute approximate surface area is 206 Å². The average Bonchev–Trinajstić information content (AvgIpc) is 3.18. The van der Waals surface area contributed by atoms with Crippen LogP contribution in [0.4, 0.5) is 5.69 Å². The summed E-state index contributed by atoms with van der Waals surface area (Å²) in [5.41, 5.74) is 2.37. The lowest BCUT2D eigenvalue weighted by atomic mass is 10.2. The highest BCUT2D eigenvalue weighted by Gasteiger charge is 2.32. The average molecular weight is 493 g/mol. The van der Waals surface area contributed by atoms with Crippen LogP contribution in [0, 0.1) is 0 Å². The standard InChI is InChI=1S/C25H21ClN4O3S/c26-21-12-5-4-8-18(21)16-33-20-11-6-7-17(13-20)15-27-30-25-29-24(32)22(34-25)14-23(31)28-19-9-2-1-3-10-19/h1-13,15,22H,14,16H2,(H,28,31)(H,29,30,32)/b27-15-/t22-/m1/s1. The molecule has 172 valence electrons. The van der Waals surface area contributed by atoms with Crippen LogP contribution in [-0.4, -0.2) is 28.4 Å². The summed E-state index contributed by atoms with van der Waals surface area (Å²) >= 11 is 7.35. The molecule has 2 amide bonds. The Morgan fingerprint density at radius 1 is 1.09 bits per heavy atom. The topological polar surface area (TPSA) is 92.2 Å². The molecule has 0 saturated carbocycles. The quantitative estimate of drug-likeness (QED) is 0.346. The lowest BCUT2D eigenvalue weighted by molar-refractivity contribution is -0.122. The van der Waals surface area contributed by atoms with Gasteiger partial charge in [-0.15, -0.1) is 5.10 Å². The third kappa shape index (κ3) is 6.69. The minimum atomic E-state index is -0.556. The lowest BCUT2D eigenvalue weighted by Crippen LogP contribution is -2.28. The Bertz CT molecular complexity index is 1230. The number of carbonyl (C=O) groups excluding carboxylic acids is 2. The van der Waals surface area contributed by atoms with Gasteiger partial charge in [-0.3, -0.25) is 9.59 Å². The molecule has 3 aromatic rings. The number of halogens is 1. The molecular formula is C25H21ClN4O3S. The van der Waals surface area contributed by atoms with E-state index in [0.29, 0.717) is 28.2 Å². The van der Waals surface area contributed by atoms with Gasteiger partial charge in [-0.25, -0.2) is 0 Å². The van der Waals surface area contributed by atoms with Crippen molar-refractivity contribution < 1.29 is 14.3 Å². The number of hydrogen-bond acceptors (Lipinski definition) is 6. The molecule has 1 fully saturated rings. The van der Waals surface area contributed by atoms with Crippen LogP contribution in [0.5, 0.6) is 5.75 Å². The van der Waals surface area contributed by atoms with E-state index in [9.17, 15) is 9.59 Å². The number of thioether (sulfide) groups is 1. The van der Waals surface area contributed by atoms with Gasteiger partial charge in [0.25, 0.3) is 0 Å². The molecule has 4 rings (SSSR count). The molecule has 2 N–H and O–H groups in total. The molecule has 9 heteroatoms. The maximum atomic E-state index is 12.2. The first-order valence-electron chi connectivity index (χ1n) is 10.5. The number of benzene rings is 3. The normalized spacial score (nSPS) is 16.6. The minimum Gasteiger partial charge on any atom is -0.489 e. The molecule has 1 heterocycles. The minimum absolute atomic E-state index is 0.0406. The number of amidine groups is 1. The number of ether oxygens (including phenoxy) is 1. The molecule has 3 aromatic carbocycles. The highest BCUT2D eigenvalue weighted by molar-refractivity contribution is 8.15. The van der Waals surface area contributed by atoms with Gasteiger partial charge < -0.3 is 15.4 Å². The van der Waals surface area contributed by atoms with Crippen LogP contribution >= 0.6 is 23.4 Å². The van der Waals surface area contributed by atoms with E-state index in [1.165, 1.54) is 11.8 Å². The molecule has 34 heavy (non-hydrogen) atoms. The number of hydrogen-bond donors (Lipinski definition) is 2.